The molecule has 26 heavy (non-hydrogen) atoms. The Morgan fingerprint density at radius 3 is 2.65 bits per heavy atom. The summed E-state index contributed by atoms with van der Waals surface area (Å²) in [5.74, 6) is 2.07. The Balaban J connectivity index is 1.61. The third-order valence-corrected chi connectivity index (χ3v) is 6.10. The van der Waals surface area contributed by atoms with Gasteiger partial charge in [0.2, 0.25) is 5.91 Å². The predicted octanol–water partition coefficient (Wildman–Crippen LogP) is 3.43. The number of rotatable bonds is 4. The predicted molar refractivity (Wildman–Crippen MR) is 98.7 cm³/mol. The van der Waals surface area contributed by atoms with Crippen LogP contribution in [-0.2, 0) is 9.59 Å². The van der Waals surface area contributed by atoms with Gasteiger partial charge in [0.15, 0.2) is 5.83 Å². The van der Waals surface area contributed by atoms with Crippen molar-refractivity contribution in [3.63, 3.8) is 0 Å². The van der Waals surface area contributed by atoms with Gasteiger partial charge in [0.25, 0.3) is 5.91 Å². The van der Waals surface area contributed by atoms with Gasteiger partial charge >= 0.3 is 0 Å². The zero-order valence-corrected chi connectivity index (χ0v) is 15.5. The van der Waals surface area contributed by atoms with Crippen LogP contribution < -0.4 is 0 Å². The first-order chi connectivity index (χ1) is 12.6. The Hall–Kier alpha value is -1.83. The van der Waals surface area contributed by atoms with Gasteiger partial charge in [0.05, 0.1) is 0 Å². The van der Waals surface area contributed by atoms with Crippen molar-refractivity contribution in [2.45, 2.75) is 70.3 Å². The number of piperidine rings is 2. The SMILES string of the molecule is C#CCCCC(=O)N1CCC2C(CCCN2C(=O)C(F)=C2CCCC2)C1. The third-order valence-electron chi connectivity index (χ3n) is 6.10. The van der Waals surface area contributed by atoms with Crippen molar-refractivity contribution >= 4 is 11.8 Å². The van der Waals surface area contributed by atoms with Crippen LogP contribution in [-0.4, -0.2) is 47.3 Å². The Bertz CT molecular complexity index is 614. The lowest BCUT2D eigenvalue weighted by Gasteiger charge is -2.47. The van der Waals surface area contributed by atoms with Gasteiger partial charge in [-0.3, -0.25) is 9.59 Å². The van der Waals surface area contributed by atoms with E-state index in [1.54, 1.807) is 4.90 Å². The van der Waals surface area contributed by atoms with Crippen molar-refractivity contribution < 1.29 is 14.0 Å². The van der Waals surface area contributed by atoms with Crippen molar-refractivity contribution in [3.05, 3.63) is 11.4 Å². The molecule has 0 radical (unpaired) electrons. The van der Waals surface area contributed by atoms with E-state index in [0.717, 1.165) is 51.4 Å². The van der Waals surface area contributed by atoms with E-state index >= 15 is 0 Å². The number of hydrogen-bond acceptors (Lipinski definition) is 2. The van der Waals surface area contributed by atoms with E-state index in [1.807, 2.05) is 4.90 Å². The molecule has 1 saturated carbocycles. The number of likely N-dealkylation sites (tertiary alicyclic amines) is 2. The van der Waals surface area contributed by atoms with E-state index in [9.17, 15) is 14.0 Å². The molecule has 2 atom stereocenters. The molecule has 142 valence electrons. The molecule has 0 N–H and O–H groups in total. The second-order valence-electron chi connectivity index (χ2n) is 7.78. The molecule has 0 spiro atoms. The summed E-state index contributed by atoms with van der Waals surface area (Å²) < 4.78 is 14.6. The first kappa shape index (κ1) is 18.9. The summed E-state index contributed by atoms with van der Waals surface area (Å²) in [7, 11) is 0. The topological polar surface area (TPSA) is 40.6 Å². The lowest BCUT2D eigenvalue weighted by Crippen LogP contribution is -2.56. The molecule has 5 heteroatoms. The van der Waals surface area contributed by atoms with Crippen LogP contribution >= 0.6 is 0 Å². The zero-order chi connectivity index (χ0) is 18.5. The smallest absolute Gasteiger partial charge is 0.282 e. The van der Waals surface area contributed by atoms with E-state index in [0.29, 0.717) is 38.0 Å². The minimum Gasteiger partial charge on any atom is -0.342 e. The molecule has 2 aliphatic heterocycles. The number of fused-ring (bicyclic) bond motifs is 1. The van der Waals surface area contributed by atoms with Gasteiger partial charge in [0, 0.05) is 38.5 Å². The molecular weight excluding hydrogens is 331 g/mol. The number of halogens is 1. The monoisotopic (exact) mass is 360 g/mol. The normalized spacial score (nSPS) is 25.6. The Kier molecular flexibility index (Phi) is 6.34. The molecule has 1 aliphatic carbocycles. The van der Waals surface area contributed by atoms with E-state index in [-0.39, 0.29) is 17.9 Å². The van der Waals surface area contributed by atoms with Crippen LogP contribution in [0.3, 0.4) is 0 Å². The maximum absolute atomic E-state index is 14.6. The summed E-state index contributed by atoms with van der Waals surface area (Å²) in [6.45, 7) is 1.97. The third kappa shape index (κ3) is 4.11. The largest absolute Gasteiger partial charge is 0.342 e. The summed E-state index contributed by atoms with van der Waals surface area (Å²) in [5.41, 5.74) is 0.707. The lowest BCUT2D eigenvalue weighted by molar-refractivity contribution is -0.140. The highest BCUT2D eigenvalue weighted by Crippen LogP contribution is 2.34. The van der Waals surface area contributed by atoms with Gasteiger partial charge in [-0.1, -0.05) is 0 Å². The van der Waals surface area contributed by atoms with E-state index < -0.39 is 11.7 Å². The van der Waals surface area contributed by atoms with Crippen LogP contribution in [0.15, 0.2) is 11.4 Å². The van der Waals surface area contributed by atoms with E-state index in [4.69, 9.17) is 6.42 Å². The molecule has 3 rings (SSSR count). The molecule has 2 saturated heterocycles. The Morgan fingerprint density at radius 1 is 1.15 bits per heavy atom. The lowest BCUT2D eigenvalue weighted by atomic mass is 9.83. The van der Waals surface area contributed by atoms with Crippen LogP contribution in [0.25, 0.3) is 0 Å². The molecule has 2 unspecified atom stereocenters. The molecule has 4 nitrogen and oxygen atoms in total. The highest BCUT2D eigenvalue weighted by atomic mass is 19.1. The van der Waals surface area contributed by atoms with Crippen molar-refractivity contribution in [1.82, 2.24) is 9.80 Å². The molecule has 2 heterocycles. The molecule has 3 aliphatic rings. The quantitative estimate of drug-likeness (QED) is 0.438. The maximum Gasteiger partial charge on any atom is 0.282 e. The number of unbranched alkanes of at least 4 members (excludes halogenated alkanes) is 1. The number of terminal acetylenes is 1. The number of amides is 2. The van der Waals surface area contributed by atoms with Crippen LogP contribution in [0, 0.1) is 18.3 Å². The van der Waals surface area contributed by atoms with Gasteiger partial charge in [-0.2, -0.15) is 0 Å². The van der Waals surface area contributed by atoms with Crippen molar-refractivity contribution in [3.8, 4) is 12.3 Å². The van der Waals surface area contributed by atoms with E-state index in [2.05, 4.69) is 5.92 Å². The summed E-state index contributed by atoms with van der Waals surface area (Å²) in [4.78, 5) is 28.8. The second-order valence-corrected chi connectivity index (χ2v) is 7.78. The van der Waals surface area contributed by atoms with E-state index in [1.165, 1.54) is 0 Å². The van der Waals surface area contributed by atoms with Gasteiger partial charge in [0.1, 0.15) is 0 Å². The maximum atomic E-state index is 14.6. The molecule has 0 aromatic heterocycles. The molecular formula is C21H29FN2O2. The summed E-state index contributed by atoms with van der Waals surface area (Å²) in [5, 5.41) is 0. The minimum absolute atomic E-state index is 0.0683. The van der Waals surface area contributed by atoms with Crippen molar-refractivity contribution in [1.29, 1.82) is 0 Å². The number of carbonyl (C=O) groups excluding carboxylic acids is 2. The van der Waals surface area contributed by atoms with Gasteiger partial charge in [-0.15, -0.1) is 12.3 Å². The first-order valence-corrected chi connectivity index (χ1v) is 10.0. The molecule has 0 aromatic carbocycles. The summed E-state index contributed by atoms with van der Waals surface area (Å²) >= 11 is 0. The van der Waals surface area contributed by atoms with Crippen LogP contribution in [0.4, 0.5) is 4.39 Å². The molecule has 3 fully saturated rings. The average molecular weight is 360 g/mol. The average Bonchev–Trinajstić information content (AvgIpc) is 3.20. The number of nitrogens with zero attached hydrogens (tertiary/aromatic N) is 2. The van der Waals surface area contributed by atoms with Crippen molar-refractivity contribution in [2.75, 3.05) is 19.6 Å². The van der Waals surface area contributed by atoms with Gasteiger partial charge < -0.3 is 9.80 Å². The zero-order valence-electron chi connectivity index (χ0n) is 15.5. The fraction of sp³-hybridized carbons (Fsp3) is 0.714. The number of carbonyl (C=O) groups is 2. The van der Waals surface area contributed by atoms with Crippen LogP contribution in [0.5, 0.6) is 0 Å². The fourth-order valence-electron chi connectivity index (χ4n) is 4.68. The molecule has 0 bridgehead atoms. The minimum atomic E-state index is -0.504. The Morgan fingerprint density at radius 2 is 1.92 bits per heavy atom. The highest BCUT2D eigenvalue weighted by molar-refractivity contribution is 5.92. The van der Waals surface area contributed by atoms with Gasteiger partial charge in [-0.05, 0) is 62.9 Å². The second kappa shape index (κ2) is 8.70. The first-order valence-electron chi connectivity index (χ1n) is 10.0. The van der Waals surface area contributed by atoms with Gasteiger partial charge in [-0.25, -0.2) is 4.39 Å². The summed E-state index contributed by atoms with van der Waals surface area (Å²) in [6, 6.07) is 0.0683. The van der Waals surface area contributed by atoms with Crippen LogP contribution in [0.2, 0.25) is 0 Å². The fourth-order valence-corrected chi connectivity index (χ4v) is 4.68. The Labute approximate surface area is 155 Å². The molecule has 2 amide bonds. The number of allylic oxidation sites excluding steroid dienone is 1. The van der Waals surface area contributed by atoms with Crippen LogP contribution in [0.1, 0.15) is 64.2 Å². The highest BCUT2D eigenvalue weighted by Gasteiger charge is 2.40. The summed E-state index contributed by atoms with van der Waals surface area (Å²) in [6.07, 6.45) is 13.1. The standard InChI is InChI=1S/C21H29FN2O2/c1-2-3-4-11-19(25)23-14-12-18-17(15-23)10-7-13-24(18)21(26)20(22)16-8-5-6-9-16/h1,17-18H,3-15H2. The van der Waals surface area contributed by atoms with Crippen molar-refractivity contribution in [2.24, 2.45) is 5.92 Å². The molecule has 0 aromatic rings. The number of hydrogen-bond donors (Lipinski definition) is 0.